The van der Waals surface area contributed by atoms with Crippen LogP contribution in [0.25, 0.3) is 0 Å². The summed E-state index contributed by atoms with van der Waals surface area (Å²) in [6.45, 7) is 10.3. The number of aliphatic hydroxyl groups is 1. The van der Waals surface area contributed by atoms with Gasteiger partial charge in [0.25, 0.3) is 0 Å². The molecule has 2 atom stereocenters. The van der Waals surface area contributed by atoms with Gasteiger partial charge in [-0.2, -0.15) is 0 Å². The van der Waals surface area contributed by atoms with Gasteiger partial charge >= 0.3 is 12.1 Å². The minimum absolute atomic E-state index is 0.155. The molecule has 0 spiro atoms. The van der Waals surface area contributed by atoms with Crippen molar-refractivity contribution >= 4 is 12.1 Å². The molecular weight excluding hydrogens is 362 g/mol. The van der Waals surface area contributed by atoms with Gasteiger partial charge in [-0.1, -0.05) is 12.1 Å². The van der Waals surface area contributed by atoms with Crippen LogP contribution in [0.15, 0.2) is 24.3 Å². The van der Waals surface area contributed by atoms with Crippen LogP contribution < -0.4 is 5.32 Å². The van der Waals surface area contributed by atoms with Gasteiger partial charge in [-0.15, -0.1) is 0 Å². The normalized spacial score (nSPS) is 14.1. The van der Waals surface area contributed by atoms with Crippen molar-refractivity contribution in [3.05, 3.63) is 29.8 Å². The summed E-state index contributed by atoms with van der Waals surface area (Å²) in [6.07, 6.45) is -0.0536. The molecule has 0 saturated heterocycles. The molecule has 0 heterocycles. The second kappa shape index (κ2) is 9.78. The fourth-order valence-electron chi connectivity index (χ4n) is 2.56. The summed E-state index contributed by atoms with van der Waals surface area (Å²) in [5.41, 5.74) is -0.515. The molecule has 1 amide bonds. The lowest BCUT2D eigenvalue weighted by atomic mass is 9.93. The minimum atomic E-state index is -0.955. The standard InChI is InChI=1S/C21H33NO6/c1-20(2,3)27-18(25)17(22-19(26)28-21(4,5)6)12-15(13-23)11-14-7-9-16(24)10-8-14/h7-10,15,17,23-24H,11-13H2,1-6H3,(H,22,26)/t15-,17-/m0/s1. The lowest BCUT2D eigenvalue weighted by Gasteiger charge is -2.28. The van der Waals surface area contributed by atoms with Gasteiger partial charge in [-0.3, -0.25) is 0 Å². The molecule has 28 heavy (non-hydrogen) atoms. The third-order valence-corrected chi connectivity index (χ3v) is 3.67. The monoisotopic (exact) mass is 395 g/mol. The topological polar surface area (TPSA) is 105 Å². The third-order valence-electron chi connectivity index (χ3n) is 3.67. The van der Waals surface area contributed by atoms with Gasteiger partial charge in [0.05, 0.1) is 0 Å². The van der Waals surface area contributed by atoms with E-state index in [0.717, 1.165) is 5.56 Å². The number of hydrogen-bond donors (Lipinski definition) is 3. The van der Waals surface area contributed by atoms with E-state index in [1.54, 1.807) is 65.8 Å². The highest BCUT2D eigenvalue weighted by Crippen LogP contribution is 2.19. The lowest BCUT2D eigenvalue weighted by molar-refractivity contribution is -0.158. The van der Waals surface area contributed by atoms with Crippen molar-refractivity contribution in [1.82, 2.24) is 5.32 Å². The van der Waals surface area contributed by atoms with Crippen molar-refractivity contribution in [1.29, 1.82) is 0 Å². The van der Waals surface area contributed by atoms with Crippen molar-refractivity contribution in [2.45, 2.75) is 71.6 Å². The largest absolute Gasteiger partial charge is 0.508 e. The highest BCUT2D eigenvalue weighted by Gasteiger charge is 2.30. The molecule has 0 bridgehead atoms. The fourth-order valence-corrected chi connectivity index (χ4v) is 2.56. The maximum Gasteiger partial charge on any atom is 0.408 e. The molecule has 0 saturated carbocycles. The quantitative estimate of drug-likeness (QED) is 0.613. The number of esters is 1. The van der Waals surface area contributed by atoms with Gasteiger partial charge in [-0.05, 0) is 78.0 Å². The molecule has 0 aliphatic carbocycles. The number of nitrogens with one attached hydrogen (secondary N) is 1. The van der Waals surface area contributed by atoms with Gasteiger partial charge in [0.1, 0.15) is 23.0 Å². The van der Waals surface area contributed by atoms with Crippen LogP contribution in [-0.2, 0) is 20.7 Å². The molecule has 7 heteroatoms. The molecule has 0 radical (unpaired) electrons. The number of phenolic OH excluding ortho intramolecular Hbond substituents is 1. The van der Waals surface area contributed by atoms with Crippen LogP contribution in [0.5, 0.6) is 5.75 Å². The van der Waals surface area contributed by atoms with E-state index in [2.05, 4.69) is 5.32 Å². The van der Waals surface area contributed by atoms with Gasteiger partial charge in [0, 0.05) is 6.61 Å². The summed E-state index contributed by atoms with van der Waals surface area (Å²) < 4.78 is 10.7. The predicted molar refractivity (Wildman–Crippen MR) is 106 cm³/mol. The molecule has 0 fully saturated rings. The smallest absolute Gasteiger partial charge is 0.408 e. The Bertz CT molecular complexity index is 642. The van der Waals surface area contributed by atoms with E-state index in [1.807, 2.05) is 0 Å². The second-order valence-electron chi connectivity index (χ2n) is 8.89. The average Bonchev–Trinajstić information content (AvgIpc) is 2.52. The molecule has 0 aliphatic heterocycles. The van der Waals surface area contributed by atoms with E-state index >= 15 is 0 Å². The number of rotatable bonds is 7. The van der Waals surface area contributed by atoms with Crippen molar-refractivity contribution in [3.63, 3.8) is 0 Å². The van der Waals surface area contributed by atoms with Crippen LogP contribution in [0.1, 0.15) is 53.5 Å². The van der Waals surface area contributed by atoms with Crippen LogP contribution >= 0.6 is 0 Å². The number of alkyl carbamates (subject to hydrolysis) is 1. The number of aliphatic hydroxyl groups excluding tert-OH is 1. The van der Waals surface area contributed by atoms with Crippen LogP contribution in [0.2, 0.25) is 0 Å². The molecule has 1 aromatic carbocycles. The first-order valence-corrected chi connectivity index (χ1v) is 9.40. The molecule has 0 aliphatic rings. The minimum Gasteiger partial charge on any atom is -0.508 e. The zero-order valence-corrected chi connectivity index (χ0v) is 17.6. The Labute approximate surface area is 167 Å². The maximum atomic E-state index is 12.6. The number of aromatic hydroxyl groups is 1. The highest BCUT2D eigenvalue weighted by atomic mass is 16.6. The molecule has 158 valence electrons. The Balaban J connectivity index is 2.89. The van der Waals surface area contributed by atoms with Gasteiger partial charge in [-0.25, -0.2) is 9.59 Å². The number of ether oxygens (including phenoxy) is 2. The predicted octanol–water partition coefficient (Wildman–Crippen LogP) is 3.17. The molecule has 0 aromatic heterocycles. The molecular formula is C21H33NO6. The van der Waals surface area contributed by atoms with Gasteiger partial charge < -0.3 is 25.0 Å². The number of carbonyl (C=O) groups is 2. The average molecular weight is 395 g/mol. The second-order valence-corrected chi connectivity index (χ2v) is 8.89. The van der Waals surface area contributed by atoms with Gasteiger partial charge in [0.2, 0.25) is 0 Å². The molecule has 1 aromatic rings. The summed E-state index contributed by atoms with van der Waals surface area (Å²) >= 11 is 0. The van der Waals surface area contributed by atoms with E-state index in [1.165, 1.54) is 0 Å². The summed E-state index contributed by atoms with van der Waals surface area (Å²) in [5, 5.41) is 21.7. The number of hydrogen-bond acceptors (Lipinski definition) is 6. The molecule has 1 rings (SSSR count). The Hall–Kier alpha value is -2.28. The Morgan fingerprint density at radius 2 is 1.54 bits per heavy atom. The highest BCUT2D eigenvalue weighted by molar-refractivity contribution is 5.81. The van der Waals surface area contributed by atoms with E-state index < -0.39 is 29.3 Å². The summed E-state index contributed by atoms with van der Waals surface area (Å²) in [4.78, 5) is 24.8. The van der Waals surface area contributed by atoms with Crippen LogP contribution in [0, 0.1) is 5.92 Å². The van der Waals surface area contributed by atoms with Crippen molar-refractivity contribution in [3.8, 4) is 5.75 Å². The Kier molecular flexibility index (Phi) is 8.29. The SMILES string of the molecule is CC(C)(C)OC(=O)N[C@@H](C[C@@H](CO)Cc1ccc(O)cc1)C(=O)OC(C)(C)C. The van der Waals surface area contributed by atoms with Crippen molar-refractivity contribution in [2.24, 2.45) is 5.92 Å². The summed E-state index contributed by atoms with van der Waals surface area (Å²) in [5.74, 6) is -0.720. The van der Waals surface area contributed by atoms with Crippen LogP contribution in [0.3, 0.4) is 0 Å². The molecule has 3 N–H and O–H groups in total. The number of benzene rings is 1. The van der Waals surface area contributed by atoms with E-state index in [9.17, 15) is 19.8 Å². The van der Waals surface area contributed by atoms with E-state index in [4.69, 9.17) is 9.47 Å². The first-order valence-electron chi connectivity index (χ1n) is 9.40. The third kappa shape index (κ3) is 9.60. The van der Waals surface area contributed by atoms with E-state index in [-0.39, 0.29) is 24.7 Å². The Morgan fingerprint density at radius 3 is 2.00 bits per heavy atom. The number of carbonyl (C=O) groups excluding carboxylic acids is 2. The fraction of sp³-hybridized carbons (Fsp3) is 0.619. The van der Waals surface area contributed by atoms with E-state index in [0.29, 0.717) is 6.42 Å². The van der Waals surface area contributed by atoms with Crippen LogP contribution in [-0.4, -0.2) is 46.1 Å². The molecule has 0 unspecified atom stereocenters. The first-order chi connectivity index (χ1) is 12.8. The van der Waals surface area contributed by atoms with Crippen molar-refractivity contribution in [2.75, 3.05) is 6.61 Å². The number of phenols is 1. The molecule has 7 nitrogen and oxygen atoms in total. The summed E-state index contributed by atoms with van der Waals surface area (Å²) in [6, 6.07) is 5.68. The van der Waals surface area contributed by atoms with Crippen molar-refractivity contribution < 1.29 is 29.3 Å². The van der Waals surface area contributed by atoms with Gasteiger partial charge in [0.15, 0.2) is 0 Å². The van der Waals surface area contributed by atoms with Crippen LogP contribution in [0.4, 0.5) is 4.79 Å². The maximum absolute atomic E-state index is 12.6. The number of amides is 1. The zero-order valence-electron chi connectivity index (χ0n) is 17.6. The lowest BCUT2D eigenvalue weighted by Crippen LogP contribution is -2.47. The summed E-state index contributed by atoms with van der Waals surface area (Å²) in [7, 11) is 0. The Morgan fingerprint density at radius 1 is 1.00 bits per heavy atom. The first kappa shape index (κ1) is 23.8. The zero-order chi connectivity index (χ0) is 21.5.